The highest BCUT2D eigenvalue weighted by atomic mass is 35.5. The first kappa shape index (κ1) is 11.0. The summed E-state index contributed by atoms with van der Waals surface area (Å²) in [5.41, 5.74) is 3.84. The molecule has 5 heteroatoms. The molecular weight excluding hydrogens is 228 g/mol. The van der Waals surface area contributed by atoms with Crippen molar-refractivity contribution >= 4 is 23.2 Å². The molecule has 1 heterocycles. The van der Waals surface area contributed by atoms with E-state index in [1.165, 1.54) is 0 Å². The maximum atomic E-state index is 11.1. The molecule has 0 atom stereocenters. The van der Waals surface area contributed by atoms with Crippen LogP contribution in [0.4, 0.5) is 0 Å². The quantitative estimate of drug-likeness (QED) is 0.875. The average molecular weight is 239 g/mol. The molecule has 1 aromatic carbocycles. The smallest absolute Gasteiger partial charge is 0.246 e. The number of amides is 1. The minimum Gasteiger partial charge on any atom is -0.493 e. The number of hydrogen-bond donors (Lipinski definition) is 1. The highest BCUT2D eigenvalue weighted by Gasteiger charge is 2.19. The molecule has 1 aromatic rings. The van der Waals surface area contributed by atoms with E-state index in [1.54, 1.807) is 18.2 Å². The van der Waals surface area contributed by atoms with Crippen LogP contribution in [0.15, 0.2) is 23.3 Å². The maximum Gasteiger partial charge on any atom is 0.246 e. The zero-order chi connectivity index (χ0) is 11.5. The van der Waals surface area contributed by atoms with Gasteiger partial charge in [-0.05, 0) is 25.1 Å². The second-order valence-electron chi connectivity index (χ2n) is 3.34. The van der Waals surface area contributed by atoms with Crippen LogP contribution in [0.5, 0.6) is 5.75 Å². The molecule has 1 aliphatic rings. The highest BCUT2D eigenvalue weighted by molar-refractivity contribution is 6.31. The molecule has 0 aromatic heterocycles. The molecule has 4 nitrogen and oxygen atoms in total. The summed E-state index contributed by atoms with van der Waals surface area (Å²) in [6.07, 6.45) is 0.264. The lowest BCUT2D eigenvalue weighted by Crippen LogP contribution is -2.09. The van der Waals surface area contributed by atoms with E-state index in [9.17, 15) is 4.79 Å². The molecule has 0 saturated carbocycles. The summed E-state index contributed by atoms with van der Waals surface area (Å²) >= 11 is 5.92. The second kappa shape index (κ2) is 4.53. The van der Waals surface area contributed by atoms with Gasteiger partial charge in [0.1, 0.15) is 5.75 Å². The lowest BCUT2D eigenvalue weighted by molar-refractivity contribution is -0.119. The van der Waals surface area contributed by atoms with Gasteiger partial charge < -0.3 is 4.74 Å². The van der Waals surface area contributed by atoms with Crippen LogP contribution in [-0.4, -0.2) is 18.2 Å². The summed E-state index contributed by atoms with van der Waals surface area (Å²) in [6, 6.07) is 5.29. The number of ether oxygens (including phenoxy) is 1. The number of carbonyl (C=O) groups excluding carboxylic acids is 1. The Morgan fingerprint density at radius 2 is 2.38 bits per heavy atom. The normalized spacial score (nSPS) is 14.6. The summed E-state index contributed by atoms with van der Waals surface area (Å²) in [5.74, 6) is 0.583. The molecule has 0 radical (unpaired) electrons. The Morgan fingerprint density at radius 3 is 3.00 bits per heavy atom. The Kier molecular flexibility index (Phi) is 3.10. The molecule has 1 aliphatic heterocycles. The minimum atomic E-state index is -0.113. The number of carbonyl (C=O) groups is 1. The van der Waals surface area contributed by atoms with Gasteiger partial charge in [0.05, 0.1) is 18.7 Å². The fourth-order valence-corrected chi connectivity index (χ4v) is 1.70. The van der Waals surface area contributed by atoms with Crippen molar-refractivity contribution in [3.8, 4) is 5.75 Å². The van der Waals surface area contributed by atoms with Crippen molar-refractivity contribution in [3.63, 3.8) is 0 Å². The third-order valence-electron chi connectivity index (χ3n) is 2.20. The van der Waals surface area contributed by atoms with Crippen molar-refractivity contribution in [2.75, 3.05) is 6.61 Å². The van der Waals surface area contributed by atoms with E-state index >= 15 is 0 Å². The Bertz CT molecular complexity index is 457. The van der Waals surface area contributed by atoms with Crippen LogP contribution >= 0.6 is 11.6 Å². The fourth-order valence-electron chi connectivity index (χ4n) is 1.53. The average Bonchev–Trinajstić information content (AvgIpc) is 2.68. The lowest BCUT2D eigenvalue weighted by atomic mass is 10.1. The topological polar surface area (TPSA) is 50.7 Å². The molecule has 0 saturated heterocycles. The van der Waals surface area contributed by atoms with Gasteiger partial charge in [-0.1, -0.05) is 11.6 Å². The second-order valence-corrected chi connectivity index (χ2v) is 3.78. The first-order valence-electron chi connectivity index (χ1n) is 4.99. The van der Waals surface area contributed by atoms with Gasteiger partial charge in [0.2, 0.25) is 5.91 Å². The van der Waals surface area contributed by atoms with Crippen LogP contribution in [-0.2, 0) is 4.79 Å². The van der Waals surface area contributed by atoms with E-state index in [2.05, 4.69) is 10.5 Å². The predicted octanol–water partition coefficient (Wildman–Crippen LogP) is 1.96. The van der Waals surface area contributed by atoms with Gasteiger partial charge in [-0.3, -0.25) is 4.79 Å². The maximum absolute atomic E-state index is 11.1. The summed E-state index contributed by atoms with van der Waals surface area (Å²) in [6.45, 7) is 2.46. The molecule has 0 bridgehead atoms. The Labute approximate surface area is 98.2 Å². The van der Waals surface area contributed by atoms with E-state index in [0.717, 1.165) is 5.56 Å². The van der Waals surface area contributed by atoms with Gasteiger partial charge in [0, 0.05) is 10.6 Å². The van der Waals surface area contributed by atoms with E-state index in [-0.39, 0.29) is 12.3 Å². The lowest BCUT2D eigenvalue weighted by Gasteiger charge is -2.09. The number of hydrogen-bond acceptors (Lipinski definition) is 3. The van der Waals surface area contributed by atoms with Crippen molar-refractivity contribution in [3.05, 3.63) is 28.8 Å². The van der Waals surface area contributed by atoms with Gasteiger partial charge in [-0.15, -0.1) is 0 Å². The van der Waals surface area contributed by atoms with Crippen molar-refractivity contribution in [2.24, 2.45) is 5.10 Å². The molecular formula is C11H11ClN2O2. The molecule has 1 amide bonds. The van der Waals surface area contributed by atoms with E-state index in [0.29, 0.717) is 23.1 Å². The summed E-state index contributed by atoms with van der Waals surface area (Å²) < 4.78 is 5.46. The SMILES string of the molecule is CCOc1ccc(Cl)cc1C1=NNC(=O)C1. The van der Waals surface area contributed by atoms with Crippen LogP contribution in [0, 0.1) is 0 Å². The van der Waals surface area contributed by atoms with Gasteiger partial charge in [-0.25, -0.2) is 5.43 Å². The van der Waals surface area contributed by atoms with Crippen molar-refractivity contribution < 1.29 is 9.53 Å². The standard InChI is InChI=1S/C11H11ClN2O2/c1-2-16-10-4-3-7(12)5-8(10)9-6-11(15)14-13-9/h3-5H,2,6H2,1H3,(H,14,15). The zero-order valence-electron chi connectivity index (χ0n) is 8.79. The van der Waals surface area contributed by atoms with E-state index < -0.39 is 0 Å². The van der Waals surface area contributed by atoms with Crippen molar-refractivity contribution in [1.82, 2.24) is 5.43 Å². The summed E-state index contributed by atoms with van der Waals surface area (Å²) in [5, 5.41) is 4.55. The van der Waals surface area contributed by atoms with Crippen LogP contribution in [0.2, 0.25) is 5.02 Å². The molecule has 1 N–H and O–H groups in total. The summed E-state index contributed by atoms with van der Waals surface area (Å²) in [7, 11) is 0. The van der Waals surface area contributed by atoms with Crippen LogP contribution in [0.3, 0.4) is 0 Å². The number of rotatable bonds is 3. The van der Waals surface area contributed by atoms with Gasteiger partial charge in [0.25, 0.3) is 0 Å². The number of hydrazone groups is 1. The van der Waals surface area contributed by atoms with E-state index in [1.807, 2.05) is 6.92 Å². The van der Waals surface area contributed by atoms with E-state index in [4.69, 9.17) is 16.3 Å². The largest absolute Gasteiger partial charge is 0.493 e. The first-order valence-corrected chi connectivity index (χ1v) is 5.36. The molecule has 16 heavy (non-hydrogen) atoms. The van der Waals surface area contributed by atoms with Gasteiger partial charge in [0.15, 0.2) is 0 Å². The van der Waals surface area contributed by atoms with Crippen molar-refractivity contribution in [1.29, 1.82) is 0 Å². The molecule has 0 fully saturated rings. The van der Waals surface area contributed by atoms with Gasteiger partial charge >= 0.3 is 0 Å². The predicted molar refractivity (Wildman–Crippen MR) is 61.9 cm³/mol. The fraction of sp³-hybridized carbons (Fsp3) is 0.273. The third kappa shape index (κ3) is 2.17. The Hall–Kier alpha value is -1.55. The molecule has 2 rings (SSSR count). The van der Waals surface area contributed by atoms with Crippen LogP contribution in [0.25, 0.3) is 0 Å². The Morgan fingerprint density at radius 1 is 1.56 bits per heavy atom. The van der Waals surface area contributed by atoms with Gasteiger partial charge in [-0.2, -0.15) is 5.10 Å². The molecule has 0 unspecified atom stereocenters. The monoisotopic (exact) mass is 238 g/mol. The van der Waals surface area contributed by atoms with Crippen LogP contribution in [0.1, 0.15) is 18.9 Å². The number of benzene rings is 1. The molecule has 0 spiro atoms. The molecule has 0 aliphatic carbocycles. The number of nitrogens with zero attached hydrogens (tertiary/aromatic N) is 1. The Balaban J connectivity index is 2.37. The minimum absolute atomic E-state index is 0.113. The summed E-state index contributed by atoms with van der Waals surface area (Å²) in [4.78, 5) is 11.1. The molecule has 84 valence electrons. The first-order chi connectivity index (χ1) is 7.70. The zero-order valence-corrected chi connectivity index (χ0v) is 9.54. The number of nitrogens with one attached hydrogen (secondary N) is 1. The van der Waals surface area contributed by atoms with Crippen LogP contribution < -0.4 is 10.2 Å². The number of halogens is 1. The highest BCUT2D eigenvalue weighted by Crippen LogP contribution is 2.25. The third-order valence-corrected chi connectivity index (χ3v) is 2.43. The van der Waals surface area contributed by atoms with Crippen molar-refractivity contribution in [2.45, 2.75) is 13.3 Å².